The molecule has 20 heavy (non-hydrogen) atoms. The van der Waals surface area contributed by atoms with Gasteiger partial charge in [0, 0.05) is 7.05 Å². The summed E-state index contributed by atoms with van der Waals surface area (Å²) in [5, 5.41) is 9.10. The molecule has 0 aliphatic heterocycles. The number of fused-ring (bicyclic) bond motifs is 1. The van der Waals surface area contributed by atoms with Crippen LogP contribution in [-0.2, 0) is 27.7 Å². The maximum atomic E-state index is 12.5. The van der Waals surface area contributed by atoms with Crippen molar-refractivity contribution in [3.63, 3.8) is 0 Å². The van der Waals surface area contributed by atoms with Crippen LogP contribution >= 0.6 is 0 Å². The summed E-state index contributed by atoms with van der Waals surface area (Å²) in [7, 11) is -2.44. The van der Waals surface area contributed by atoms with E-state index in [-0.39, 0.29) is 11.3 Å². The molecule has 1 atom stereocenters. The fourth-order valence-electron chi connectivity index (χ4n) is 2.63. The van der Waals surface area contributed by atoms with Crippen molar-refractivity contribution in [3.05, 3.63) is 29.3 Å². The van der Waals surface area contributed by atoms with Crippen LogP contribution < -0.4 is 0 Å². The lowest BCUT2D eigenvalue weighted by Crippen LogP contribution is -2.41. The summed E-state index contributed by atoms with van der Waals surface area (Å²) in [6, 6.07) is 4.06. The maximum Gasteiger partial charge on any atom is 0.321 e. The number of hydrogen-bond acceptors (Lipinski definition) is 3. The summed E-state index contributed by atoms with van der Waals surface area (Å²) >= 11 is 0. The largest absolute Gasteiger partial charge is 0.480 e. The lowest BCUT2D eigenvalue weighted by atomic mass is 10.1. The SMILES string of the molecule is CCC(C(=O)O)N(C)S(=O)(=O)c1ccc2c(c1)CCC2. The number of benzene rings is 1. The molecule has 1 aliphatic carbocycles. The van der Waals surface area contributed by atoms with Crippen molar-refractivity contribution in [2.24, 2.45) is 0 Å². The van der Waals surface area contributed by atoms with E-state index in [4.69, 9.17) is 5.11 Å². The molecule has 0 spiro atoms. The number of nitrogens with zero attached hydrogens (tertiary/aromatic N) is 1. The van der Waals surface area contributed by atoms with Crippen molar-refractivity contribution in [2.45, 2.75) is 43.5 Å². The average molecular weight is 297 g/mol. The minimum Gasteiger partial charge on any atom is -0.480 e. The molecule has 0 heterocycles. The van der Waals surface area contributed by atoms with Crippen LogP contribution in [0.15, 0.2) is 23.1 Å². The quantitative estimate of drug-likeness (QED) is 0.897. The molecular formula is C14H19NO4S. The van der Waals surface area contributed by atoms with Crippen molar-refractivity contribution in [2.75, 3.05) is 7.05 Å². The van der Waals surface area contributed by atoms with Gasteiger partial charge in [0.1, 0.15) is 6.04 Å². The maximum absolute atomic E-state index is 12.5. The number of carbonyl (C=O) groups is 1. The van der Waals surface area contributed by atoms with E-state index in [1.54, 1.807) is 19.1 Å². The summed E-state index contributed by atoms with van der Waals surface area (Å²) < 4.78 is 25.9. The van der Waals surface area contributed by atoms with E-state index in [1.165, 1.54) is 12.6 Å². The van der Waals surface area contributed by atoms with Crippen molar-refractivity contribution in [3.8, 4) is 0 Å². The number of carboxylic acids is 1. The number of aliphatic carboxylic acids is 1. The van der Waals surface area contributed by atoms with Gasteiger partial charge in [0.25, 0.3) is 0 Å². The van der Waals surface area contributed by atoms with E-state index in [0.29, 0.717) is 0 Å². The van der Waals surface area contributed by atoms with Crippen LogP contribution in [0.5, 0.6) is 0 Å². The van der Waals surface area contributed by atoms with E-state index >= 15 is 0 Å². The Balaban J connectivity index is 2.37. The predicted octanol–water partition coefficient (Wildman–Crippen LogP) is 1.66. The first kappa shape index (κ1) is 15.0. The zero-order valence-electron chi connectivity index (χ0n) is 11.7. The minimum absolute atomic E-state index is 0.181. The molecule has 0 aromatic heterocycles. The molecule has 110 valence electrons. The first-order chi connectivity index (χ1) is 9.37. The Morgan fingerprint density at radius 3 is 2.60 bits per heavy atom. The first-order valence-corrected chi connectivity index (χ1v) is 8.14. The molecule has 0 saturated heterocycles. The molecule has 0 fully saturated rings. The summed E-state index contributed by atoms with van der Waals surface area (Å²) in [5.74, 6) is -1.13. The standard InChI is InChI=1S/C14H19NO4S/c1-3-13(14(16)17)15(2)20(18,19)12-8-7-10-5-4-6-11(10)9-12/h7-9,13H,3-6H2,1-2H3,(H,16,17). The number of rotatable bonds is 5. The fourth-order valence-corrected chi connectivity index (χ4v) is 4.07. The number of hydrogen-bond donors (Lipinski definition) is 1. The number of sulfonamides is 1. The molecule has 6 heteroatoms. The Labute approximate surface area is 119 Å². The van der Waals surface area contributed by atoms with Crippen LogP contribution in [-0.4, -0.2) is 36.9 Å². The lowest BCUT2D eigenvalue weighted by Gasteiger charge is -2.23. The highest BCUT2D eigenvalue weighted by atomic mass is 32.2. The molecular weight excluding hydrogens is 278 g/mol. The van der Waals surface area contributed by atoms with Gasteiger partial charge in [-0.2, -0.15) is 4.31 Å². The summed E-state index contributed by atoms with van der Waals surface area (Å²) in [4.78, 5) is 11.3. The monoisotopic (exact) mass is 297 g/mol. The van der Waals surface area contributed by atoms with Crippen LogP contribution in [0.1, 0.15) is 30.9 Å². The molecule has 2 rings (SSSR count). The van der Waals surface area contributed by atoms with Gasteiger partial charge in [0.2, 0.25) is 10.0 Å². The van der Waals surface area contributed by atoms with Gasteiger partial charge in [0.05, 0.1) is 4.90 Å². The topological polar surface area (TPSA) is 74.7 Å². The van der Waals surface area contributed by atoms with Crippen LogP contribution in [0.2, 0.25) is 0 Å². The van der Waals surface area contributed by atoms with Crippen LogP contribution in [0.4, 0.5) is 0 Å². The third kappa shape index (κ3) is 2.58. The first-order valence-electron chi connectivity index (χ1n) is 6.70. The van der Waals surface area contributed by atoms with Crippen LogP contribution in [0, 0.1) is 0 Å². The molecule has 5 nitrogen and oxygen atoms in total. The van der Waals surface area contributed by atoms with Crippen molar-refractivity contribution in [1.29, 1.82) is 0 Å². The molecule has 1 aliphatic rings. The molecule has 0 bridgehead atoms. The number of aryl methyl sites for hydroxylation is 2. The van der Waals surface area contributed by atoms with Crippen molar-refractivity contribution in [1.82, 2.24) is 4.31 Å². The Morgan fingerprint density at radius 1 is 1.35 bits per heavy atom. The van der Waals surface area contributed by atoms with E-state index in [9.17, 15) is 13.2 Å². The second-order valence-electron chi connectivity index (χ2n) is 5.07. The normalized spacial score (nSPS) is 16.1. The number of carboxylic acid groups (broad SMARTS) is 1. The van der Waals surface area contributed by atoms with Crippen molar-refractivity contribution >= 4 is 16.0 Å². The minimum atomic E-state index is -3.76. The highest BCUT2D eigenvalue weighted by molar-refractivity contribution is 7.89. The Hall–Kier alpha value is -1.40. The third-order valence-corrected chi connectivity index (χ3v) is 5.72. The third-order valence-electron chi connectivity index (χ3n) is 3.86. The van der Waals surface area contributed by atoms with Gasteiger partial charge in [-0.05, 0) is 48.9 Å². The zero-order valence-corrected chi connectivity index (χ0v) is 12.5. The average Bonchev–Trinajstić information content (AvgIpc) is 2.85. The van der Waals surface area contributed by atoms with Crippen LogP contribution in [0.25, 0.3) is 0 Å². The molecule has 0 amide bonds. The second-order valence-corrected chi connectivity index (χ2v) is 7.07. The predicted molar refractivity (Wildman–Crippen MR) is 75.1 cm³/mol. The molecule has 0 saturated carbocycles. The fraction of sp³-hybridized carbons (Fsp3) is 0.500. The van der Waals surface area contributed by atoms with E-state index in [2.05, 4.69) is 0 Å². The number of likely N-dealkylation sites (N-methyl/N-ethyl adjacent to an activating group) is 1. The Kier molecular flexibility index (Phi) is 4.15. The smallest absolute Gasteiger partial charge is 0.321 e. The molecule has 1 N–H and O–H groups in total. The van der Waals surface area contributed by atoms with Gasteiger partial charge >= 0.3 is 5.97 Å². The van der Waals surface area contributed by atoms with E-state index < -0.39 is 22.0 Å². The van der Waals surface area contributed by atoms with E-state index in [1.807, 2.05) is 6.07 Å². The summed E-state index contributed by atoms with van der Waals surface area (Å²) in [5.41, 5.74) is 2.25. The van der Waals surface area contributed by atoms with Crippen molar-refractivity contribution < 1.29 is 18.3 Å². The zero-order chi connectivity index (χ0) is 14.9. The van der Waals surface area contributed by atoms with Gasteiger partial charge < -0.3 is 5.11 Å². The van der Waals surface area contributed by atoms with Gasteiger partial charge in [-0.3, -0.25) is 4.79 Å². The molecule has 0 radical (unpaired) electrons. The van der Waals surface area contributed by atoms with Gasteiger partial charge in [-0.25, -0.2) is 8.42 Å². The Bertz CT molecular complexity index is 624. The molecule has 1 aromatic carbocycles. The van der Waals surface area contributed by atoms with E-state index in [0.717, 1.165) is 29.1 Å². The van der Waals surface area contributed by atoms with Gasteiger partial charge in [-0.15, -0.1) is 0 Å². The highest BCUT2D eigenvalue weighted by Gasteiger charge is 2.32. The van der Waals surface area contributed by atoms with Gasteiger partial charge in [-0.1, -0.05) is 13.0 Å². The summed E-state index contributed by atoms with van der Waals surface area (Å²) in [6.07, 6.45) is 3.15. The van der Waals surface area contributed by atoms with Crippen LogP contribution in [0.3, 0.4) is 0 Å². The highest BCUT2D eigenvalue weighted by Crippen LogP contribution is 2.26. The second kappa shape index (κ2) is 5.54. The molecule has 1 unspecified atom stereocenters. The lowest BCUT2D eigenvalue weighted by molar-refractivity contribution is -0.141. The molecule has 1 aromatic rings. The summed E-state index contributed by atoms with van der Waals surface area (Å²) in [6.45, 7) is 1.66. The van der Waals surface area contributed by atoms with Gasteiger partial charge in [0.15, 0.2) is 0 Å². The Morgan fingerprint density at radius 2 is 2.00 bits per heavy atom.